The van der Waals surface area contributed by atoms with E-state index in [1.807, 2.05) is 5.01 Å². The Hall–Kier alpha value is -1.21. The number of allylic oxidation sites excluding steroid dienone is 4. The molecule has 0 aliphatic carbocycles. The Balaban J connectivity index is 3.45. The molecule has 0 radical (unpaired) electrons. The average Bonchev–Trinajstić information content (AvgIpc) is 3.22. The lowest BCUT2D eigenvalue weighted by Crippen LogP contribution is -2.32. The highest BCUT2D eigenvalue weighted by Gasteiger charge is 2.05. The Kier molecular flexibility index (Phi) is 49.1. The number of nitrogens with two attached hydrogens (primary N) is 2. The van der Waals surface area contributed by atoms with Crippen LogP contribution >= 0.6 is 0 Å². The number of carbonyl (C=O) groups excluding carboxylic acids is 1. The Morgan fingerprint density at radius 3 is 1.26 bits per heavy atom. The maximum atomic E-state index is 12.1. The lowest BCUT2D eigenvalue weighted by Gasteiger charge is -2.21. The minimum atomic E-state index is 0.000128. The molecule has 344 valence electrons. The summed E-state index contributed by atoms with van der Waals surface area (Å²) in [7, 11) is 0. The first-order valence-corrected chi connectivity index (χ1v) is 26.0. The normalized spacial score (nSPS) is 12.0. The number of rotatable bonds is 49. The van der Waals surface area contributed by atoms with E-state index in [-0.39, 0.29) is 5.97 Å². The summed E-state index contributed by atoms with van der Waals surface area (Å²) in [6.45, 7) is 11.4. The first-order valence-electron chi connectivity index (χ1n) is 26.0. The van der Waals surface area contributed by atoms with Crippen LogP contribution in [0.25, 0.3) is 0 Å². The molecular weight excluding hydrogens is 713 g/mol. The summed E-state index contributed by atoms with van der Waals surface area (Å²) in [6.07, 6.45) is 57.8. The van der Waals surface area contributed by atoms with Gasteiger partial charge in [-0.25, -0.2) is 5.01 Å². The Morgan fingerprint density at radius 2 is 0.793 bits per heavy atom. The smallest absolute Gasteiger partial charge is 0.305 e. The summed E-state index contributed by atoms with van der Waals surface area (Å²) in [5.41, 5.74) is 5.93. The van der Waals surface area contributed by atoms with E-state index in [1.54, 1.807) is 0 Å². The fourth-order valence-corrected chi connectivity index (χ4v) is 7.98. The zero-order valence-corrected chi connectivity index (χ0v) is 39.5. The van der Waals surface area contributed by atoms with Crippen LogP contribution in [0, 0.1) is 0 Å². The van der Waals surface area contributed by atoms with Crippen molar-refractivity contribution in [1.29, 1.82) is 0 Å². The zero-order valence-electron chi connectivity index (χ0n) is 39.5. The van der Waals surface area contributed by atoms with E-state index in [2.05, 4.69) is 43.1 Å². The number of ether oxygens (including phenoxy) is 1. The number of nitrogens with zero attached hydrogens (tertiary/aromatic N) is 2. The Labute approximate surface area is 363 Å². The highest BCUT2D eigenvalue weighted by molar-refractivity contribution is 5.69. The maximum absolute atomic E-state index is 12.1. The summed E-state index contributed by atoms with van der Waals surface area (Å²) in [5.74, 6) is 6.22. The highest BCUT2D eigenvalue weighted by atomic mass is 16.5. The summed E-state index contributed by atoms with van der Waals surface area (Å²) < 4.78 is 5.51. The van der Waals surface area contributed by atoms with Crippen molar-refractivity contribution in [1.82, 2.24) is 9.91 Å². The van der Waals surface area contributed by atoms with Crippen molar-refractivity contribution >= 4 is 5.97 Å². The second-order valence-corrected chi connectivity index (χ2v) is 17.7. The van der Waals surface area contributed by atoms with Crippen molar-refractivity contribution < 1.29 is 9.53 Å². The Bertz CT molecular complexity index is 849. The van der Waals surface area contributed by atoms with Crippen LogP contribution in [0.5, 0.6) is 0 Å². The van der Waals surface area contributed by atoms with E-state index in [1.165, 1.54) is 225 Å². The fourth-order valence-electron chi connectivity index (χ4n) is 7.98. The van der Waals surface area contributed by atoms with E-state index in [0.29, 0.717) is 13.0 Å². The molecule has 0 amide bonds. The molecule has 0 spiro atoms. The molecule has 0 atom stereocenters. The van der Waals surface area contributed by atoms with Gasteiger partial charge in [0, 0.05) is 32.6 Å². The number of unbranched alkanes of at least 4 members (excludes halogenated alkanes) is 31. The largest absolute Gasteiger partial charge is 0.466 e. The summed E-state index contributed by atoms with van der Waals surface area (Å²) >= 11 is 0. The summed E-state index contributed by atoms with van der Waals surface area (Å²) in [4.78, 5) is 14.7. The molecule has 0 saturated carbocycles. The molecule has 0 aromatic heterocycles. The standard InChI is InChI=1S/C52H104N4O2/c1-3-5-7-9-11-13-15-16-17-18-19-20-21-27-33-39-46-55(50-45-53)47-40-34-28-23-24-31-37-43-51-58-52(57)44-38-32-26-25-30-36-42-49-56(54)48-41-35-29-22-14-12-10-8-6-4-2/h11,13,16-17H,3-10,12,14-15,18-51,53-54H2,1-2H3/b13-11-,17-16-. The minimum Gasteiger partial charge on any atom is -0.466 e. The first-order chi connectivity index (χ1) is 28.6. The van der Waals surface area contributed by atoms with Crippen LogP contribution in [0.1, 0.15) is 258 Å². The summed E-state index contributed by atoms with van der Waals surface area (Å²) in [5, 5.41) is 2.04. The molecule has 0 aliphatic heterocycles. The van der Waals surface area contributed by atoms with Crippen LogP contribution < -0.4 is 11.6 Å². The van der Waals surface area contributed by atoms with Crippen LogP contribution in [0.2, 0.25) is 0 Å². The molecule has 0 aromatic carbocycles. The molecule has 0 bridgehead atoms. The highest BCUT2D eigenvalue weighted by Crippen LogP contribution is 2.14. The third-order valence-electron chi connectivity index (χ3n) is 11.9. The molecule has 0 saturated heterocycles. The second-order valence-electron chi connectivity index (χ2n) is 17.7. The average molecular weight is 817 g/mol. The molecule has 0 aliphatic rings. The topological polar surface area (TPSA) is 84.8 Å². The molecule has 0 rings (SSSR count). The van der Waals surface area contributed by atoms with Crippen molar-refractivity contribution in [2.45, 2.75) is 258 Å². The van der Waals surface area contributed by atoms with Crippen molar-refractivity contribution in [2.75, 3.05) is 45.9 Å². The summed E-state index contributed by atoms with van der Waals surface area (Å²) in [6, 6.07) is 0. The van der Waals surface area contributed by atoms with Crippen LogP contribution in [-0.2, 0) is 9.53 Å². The van der Waals surface area contributed by atoms with Gasteiger partial charge >= 0.3 is 5.97 Å². The number of hydrazine groups is 1. The molecule has 4 N–H and O–H groups in total. The van der Waals surface area contributed by atoms with Gasteiger partial charge in [0.15, 0.2) is 0 Å². The van der Waals surface area contributed by atoms with Gasteiger partial charge in [0.05, 0.1) is 6.61 Å². The first kappa shape index (κ1) is 56.8. The molecular formula is C52H104N4O2. The molecule has 0 aromatic rings. The van der Waals surface area contributed by atoms with E-state index in [9.17, 15) is 4.79 Å². The van der Waals surface area contributed by atoms with Gasteiger partial charge in [-0.1, -0.05) is 205 Å². The molecule has 6 heteroatoms. The molecule has 0 fully saturated rings. The van der Waals surface area contributed by atoms with E-state index in [4.69, 9.17) is 16.3 Å². The molecule has 0 unspecified atom stereocenters. The minimum absolute atomic E-state index is 0.000128. The lowest BCUT2D eigenvalue weighted by molar-refractivity contribution is -0.143. The number of carbonyl (C=O) groups is 1. The molecule has 6 nitrogen and oxygen atoms in total. The molecule has 58 heavy (non-hydrogen) atoms. The number of hydrogen-bond acceptors (Lipinski definition) is 6. The zero-order chi connectivity index (χ0) is 42.1. The van der Waals surface area contributed by atoms with Crippen molar-refractivity contribution in [2.24, 2.45) is 11.6 Å². The van der Waals surface area contributed by atoms with E-state index in [0.717, 1.165) is 51.9 Å². The van der Waals surface area contributed by atoms with Gasteiger partial charge in [0.2, 0.25) is 0 Å². The van der Waals surface area contributed by atoms with Gasteiger partial charge in [-0.2, -0.15) is 0 Å². The van der Waals surface area contributed by atoms with Gasteiger partial charge in [-0.15, -0.1) is 0 Å². The quantitative estimate of drug-likeness (QED) is 0.0209. The van der Waals surface area contributed by atoms with E-state index < -0.39 is 0 Å². The van der Waals surface area contributed by atoms with Gasteiger partial charge in [-0.3, -0.25) is 10.6 Å². The lowest BCUT2D eigenvalue weighted by atomic mass is 10.1. The third-order valence-corrected chi connectivity index (χ3v) is 11.9. The van der Waals surface area contributed by atoms with Gasteiger partial charge in [0.25, 0.3) is 0 Å². The third kappa shape index (κ3) is 47.5. The van der Waals surface area contributed by atoms with Crippen molar-refractivity contribution in [3.05, 3.63) is 24.3 Å². The Morgan fingerprint density at radius 1 is 0.431 bits per heavy atom. The van der Waals surface area contributed by atoms with Crippen LogP contribution in [0.3, 0.4) is 0 Å². The van der Waals surface area contributed by atoms with Crippen LogP contribution in [0.4, 0.5) is 0 Å². The van der Waals surface area contributed by atoms with Crippen LogP contribution in [-0.4, -0.2) is 61.8 Å². The van der Waals surface area contributed by atoms with Gasteiger partial charge < -0.3 is 15.4 Å². The monoisotopic (exact) mass is 817 g/mol. The van der Waals surface area contributed by atoms with Crippen molar-refractivity contribution in [3.8, 4) is 0 Å². The van der Waals surface area contributed by atoms with Gasteiger partial charge in [-0.05, 0) is 83.7 Å². The predicted octanol–water partition coefficient (Wildman–Crippen LogP) is 14.9. The number of esters is 1. The predicted molar refractivity (Wildman–Crippen MR) is 257 cm³/mol. The van der Waals surface area contributed by atoms with Crippen LogP contribution in [0.15, 0.2) is 24.3 Å². The SMILES string of the molecule is CCCCC/C=C\C/C=C\CCCCCCCCN(CCN)CCCCCCCCCCOC(=O)CCCCCCCCCN(N)CCCCCCCCCCCC. The second kappa shape index (κ2) is 50.1. The number of hydrogen-bond donors (Lipinski definition) is 2. The van der Waals surface area contributed by atoms with E-state index >= 15 is 0 Å². The molecule has 0 heterocycles. The fraction of sp³-hybridized carbons (Fsp3) is 0.904. The van der Waals surface area contributed by atoms with Crippen molar-refractivity contribution in [3.63, 3.8) is 0 Å². The maximum Gasteiger partial charge on any atom is 0.305 e. The van der Waals surface area contributed by atoms with Gasteiger partial charge in [0.1, 0.15) is 0 Å².